The number of carbonyl (C=O) groups excluding carboxylic acids is 1. The van der Waals surface area contributed by atoms with Crippen LogP contribution in [0.4, 0.5) is 0 Å². The summed E-state index contributed by atoms with van der Waals surface area (Å²) < 4.78 is 11.6. The number of fused-ring (bicyclic) bond motifs is 1. The number of hydrogen-bond acceptors (Lipinski definition) is 4. The number of nitrogens with two attached hydrogens (primary N) is 1. The van der Waals surface area contributed by atoms with Crippen LogP contribution in [0.5, 0.6) is 11.5 Å². The average Bonchev–Trinajstić information content (AvgIpc) is 2.92. The fraction of sp³-hybridized carbons (Fsp3) is 0.632. The highest BCUT2D eigenvalue weighted by Gasteiger charge is 2.35. The van der Waals surface area contributed by atoms with Crippen molar-refractivity contribution in [1.82, 2.24) is 5.32 Å². The van der Waals surface area contributed by atoms with Gasteiger partial charge in [0.15, 0.2) is 0 Å². The molecule has 1 aliphatic carbocycles. The van der Waals surface area contributed by atoms with Crippen LogP contribution in [-0.2, 0) is 17.8 Å². The number of carbonyl (C=O) groups is 1. The second-order valence-corrected chi connectivity index (χ2v) is 7.03. The predicted octanol–water partition coefficient (Wildman–Crippen LogP) is 3.11. The SMILES string of the molecule is CCOc1cc2c(cc1CNC(=O)C1(N)CCCCC1)OC(C)C2.Cl. The van der Waals surface area contributed by atoms with Gasteiger partial charge in [-0.2, -0.15) is 0 Å². The van der Waals surface area contributed by atoms with Crippen LogP contribution in [0.15, 0.2) is 12.1 Å². The van der Waals surface area contributed by atoms with E-state index in [0.717, 1.165) is 49.2 Å². The van der Waals surface area contributed by atoms with Crippen LogP contribution in [0.2, 0.25) is 0 Å². The monoisotopic (exact) mass is 368 g/mol. The number of benzene rings is 1. The fourth-order valence-electron chi connectivity index (χ4n) is 3.67. The van der Waals surface area contributed by atoms with E-state index < -0.39 is 5.54 Å². The Kier molecular flexibility index (Phi) is 6.58. The molecule has 0 aromatic heterocycles. The Balaban J connectivity index is 0.00000225. The molecule has 1 aliphatic heterocycles. The Morgan fingerprint density at radius 3 is 2.76 bits per heavy atom. The van der Waals surface area contributed by atoms with E-state index in [4.69, 9.17) is 15.2 Å². The standard InChI is InChI=1S/C19H28N2O3.ClH/c1-3-23-16-10-14-9-13(2)24-17(14)11-15(16)12-21-18(22)19(20)7-5-4-6-8-19;/h10-11,13H,3-9,12,20H2,1-2H3,(H,21,22);1H. The molecule has 0 saturated heterocycles. The van der Waals surface area contributed by atoms with Crippen molar-refractivity contribution in [2.45, 2.75) is 70.6 Å². The summed E-state index contributed by atoms with van der Waals surface area (Å²) in [6.45, 7) is 5.03. The Morgan fingerprint density at radius 2 is 2.08 bits per heavy atom. The summed E-state index contributed by atoms with van der Waals surface area (Å²) in [7, 11) is 0. The Hall–Kier alpha value is -1.46. The summed E-state index contributed by atoms with van der Waals surface area (Å²) in [5.74, 6) is 1.67. The lowest BCUT2D eigenvalue weighted by molar-refractivity contribution is -0.127. The van der Waals surface area contributed by atoms with Crippen molar-refractivity contribution in [3.8, 4) is 11.5 Å². The molecule has 6 heteroatoms. The average molecular weight is 369 g/mol. The van der Waals surface area contributed by atoms with Crippen molar-refractivity contribution in [3.63, 3.8) is 0 Å². The van der Waals surface area contributed by atoms with Gasteiger partial charge in [0.25, 0.3) is 0 Å². The maximum atomic E-state index is 12.5. The van der Waals surface area contributed by atoms with Crippen LogP contribution >= 0.6 is 12.4 Å². The lowest BCUT2D eigenvalue weighted by Gasteiger charge is -2.31. The van der Waals surface area contributed by atoms with E-state index in [1.54, 1.807) is 0 Å². The third-order valence-corrected chi connectivity index (χ3v) is 5.02. The number of halogens is 1. The first kappa shape index (κ1) is 19.9. The normalized spacial score (nSPS) is 20.8. The molecule has 1 amide bonds. The van der Waals surface area contributed by atoms with Gasteiger partial charge in [-0.1, -0.05) is 19.3 Å². The molecule has 1 aromatic rings. The highest BCUT2D eigenvalue weighted by molar-refractivity contribution is 5.86. The van der Waals surface area contributed by atoms with Gasteiger partial charge in [0.2, 0.25) is 5.91 Å². The van der Waals surface area contributed by atoms with Crippen LogP contribution in [0.1, 0.15) is 57.1 Å². The van der Waals surface area contributed by atoms with Gasteiger partial charge < -0.3 is 20.5 Å². The molecular weight excluding hydrogens is 340 g/mol. The second-order valence-electron chi connectivity index (χ2n) is 7.03. The summed E-state index contributed by atoms with van der Waals surface area (Å²) in [6, 6.07) is 4.04. The van der Waals surface area contributed by atoms with E-state index >= 15 is 0 Å². The molecule has 0 radical (unpaired) electrons. The molecule has 140 valence electrons. The minimum atomic E-state index is -0.716. The van der Waals surface area contributed by atoms with E-state index in [0.29, 0.717) is 13.2 Å². The largest absolute Gasteiger partial charge is 0.494 e. The second kappa shape index (κ2) is 8.28. The van der Waals surface area contributed by atoms with Gasteiger partial charge in [-0.25, -0.2) is 0 Å². The summed E-state index contributed by atoms with van der Waals surface area (Å²) >= 11 is 0. The van der Waals surface area contributed by atoms with Crippen LogP contribution in [0.25, 0.3) is 0 Å². The van der Waals surface area contributed by atoms with Crippen LogP contribution in [0, 0.1) is 0 Å². The molecule has 3 N–H and O–H groups in total. The summed E-state index contributed by atoms with van der Waals surface area (Å²) in [5, 5.41) is 3.01. The number of nitrogens with one attached hydrogen (secondary N) is 1. The van der Waals surface area contributed by atoms with Crippen molar-refractivity contribution in [3.05, 3.63) is 23.3 Å². The van der Waals surface area contributed by atoms with Gasteiger partial charge >= 0.3 is 0 Å². The number of amides is 1. The van der Waals surface area contributed by atoms with Gasteiger partial charge in [0.05, 0.1) is 12.1 Å². The zero-order valence-electron chi connectivity index (χ0n) is 15.1. The summed E-state index contributed by atoms with van der Waals surface area (Å²) in [4.78, 5) is 12.5. The van der Waals surface area contributed by atoms with Gasteiger partial charge in [-0.05, 0) is 38.8 Å². The Bertz CT molecular complexity index is 615. The molecule has 0 bridgehead atoms. The third-order valence-electron chi connectivity index (χ3n) is 5.02. The van der Waals surface area contributed by atoms with E-state index in [-0.39, 0.29) is 24.4 Å². The minimum Gasteiger partial charge on any atom is -0.494 e. The topological polar surface area (TPSA) is 73.6 Å². The molecule has 3 rings (SSSR count). The molecule has 2 aliphatic rings. The Labute approximate surface area is 156 Å². The van der Waals surface area contributed by atoms with Crippen LogP contribution < -0.4 is 20.5 Å². The molecule has 1 fully saturated rings. The lowest BCUT2D eigenvalue weighted by Crippen LogP contribution is -2.54. The van der Waals surface area contributed by atoms with Crippen LogP contribution in [0.3, 0.4) is 0 Å². The first-order valence-electron chi connectivity index (χ1n) is 9.04. The van der Waals surface area contributed by atoms with Crippen molar-refractivity contribution in [2.24, 2.45) is 5.73 Å². The number of ether oxygens (including phenoxy) is 2. The molecule has 1 unspecified atom stereocenters. The van der Waals surface area contributed by atoms with Gasteiger partial charge in [0.1, 0.15) is 17.6 Å². The van der Waals surface area contributed by atoms with Crippen LogP contribution in [-0.4, -0.2) is 24.2 Å². The molecule has 1 saturated carbocycles. The first-order valence-corrected chi connectivity index (χ1v) is 9.04. The van der Waals surface area contributed by atoms with E-state index in [1.165, 1.54) is 12.0 Å². The van der Waals surface area contributed by atoms with Gasteiger partial charge in [-0.15, -0.1) is 12.4 Å². The molecule has 25 heavy (non-hydrogen) atoms. The van der Waals surface area contributed by atoms with Crippen molar-refractivity contribution in [1.29, 1.82) is 0 Å². The first-order chi connectivity index (χ1) is 11.5. The molecule has 5 nitrogen and oxygen atoms in total. The zero-order chi connectivity index (χ0) is 17.2. The van der Waals surface area contributed by atoms with Gasteiger partial charge in [0, 0.05) is 24.1 Å². The van der Waals surface area contributed by atoms with Crippen molar-refractivity contribution < 1.29 is 14.3 Å². The smallest absolute Gasteiger partial charge is 0.240 e. The maximum absolute atomic E-state index is 12.5. The van der Waals surface area contributed by atoms with Crippen molar-refractivity contribution >= 4 is 18.3 Å². The molecule has 1 aromatic carbocycles. The number of hydrogen-bond donors (Lipinski definition) is 2. The highest BCUT2D eigenvalue weighted by Crippen LogP contribution is 2.35. The molecular formula is C19H29ClN2O3. The van der Waals surface area contributed by atoms with E-state index in [9.17, 15) is 4.79 Å². The zero-order valence-corrected chi connectivity index (χ0v) is 15.9. The summed E-state index contributed by atoms with van der Waals surface area (Å²) in [5.41, 5.74) is 7.70. The third kappa shape index (κ3) is 4.39. The maximum Gasteiger partial charge on any atom is 0.240 e. The summed E-state index contributed by atoms with van der Waals surface area (Å²) in [6.07, 6.45) is 5.84. The Morgan fingerprint density at radius 1 is 1.36 bits per heavy atom. The van der Waals surface area contributed by atoms with E-state index in [1.807, 2.05) is 19.1 Å². The fourth-order valence-corrected chi connectivity index (χ4v) is 3.67. The van der Waals surface area contributed by atoms with E-state index in [2.05, 4.69) is 12.2 Å². The van der Waals surface area contributed by atoms with Crippen molar-refractivity contribution in [2.75, 3.05) is 6.61 Å². The predicted molar refractivity (Wildman–Crippen MR) is 101 cm³/mol. The molecule has 0 spiro atoms. The minimum absolute atomic E-state index is 0. The lowest BCUT2D eigenvalue weighted by atomic mass is 9.82. The number of rotatable bonds is 5. The highest BCUT2D eigenvalue weighted by atomic mass is 35.5. The van der Waals surface area contributed by atoms with Gasteiger partial charge in [-0.3, -0.25) is 4.79 Å². The quantitative estimate of drug-likeness (QED) is 0.837. The molecule has 1 heterocycles. The molecule has 1 atom stereocenters.